The number of anilines is 1. The number of nitrogens with one attached hydrogen (secondary N) is 1. The number of aromatic nitrogens is 1. The number of hydrogen-bond acceptors (Lipinski definition) is 4. The number of nitrogens with zero attached hydrogens (tertiary/aromatic N) is 1. The van der Waals surface area contributed by atoms with E-state index in [-0.39, 0.29) is 5.91 Å². The van der Waals surface area contributed by atoms with Gasteiger partial charge in [0.15, 0.2) is 0 Å². The van der Waals surface area contributed by atoms with E-state index >= 15 is 0 Å². The smallest absolute Gasteiger partial charge is 0.255 e. The zero-order valence-corrected chi connectivity index (χ0v) is 18.8. The van der Waals surface area contributed by atoms with Gasteiger partial charge in [0, 0.05) is 16.8 Å². The Labute approximate surface area is 186 Å². The standard InChI is InChI=1S/C26H26N2O2S/c1-4-17(2)15-18-5-7-19(8-6-18)25(29)27-21-11-9-20(10-12-21)26-28-23-14-13-22(30-3)16-24(23)31-26/h5-14,16-17H,4,15H2,1-3H3,(H,27,29). The summed E-state index contributed by atoms with van der Waals surface area (Å²) in [6.07, 6.45) is 2.20. The molecule has 0 aliphatic carbocycles. The molecule has 5 heteroatoms. The molecule has 1 atom stereocenters. The van der Waals surface area contributed by atoms with Crippen molar-refractivity contribution in [1.82, 2.24) is 4.98 Å². The lowest BCUT2D eigenvalue weighted by Gasteiger charge is -2.09. The van der Waals surface area contributed by atoms with Crippen LogP contribution < -0.4 is 10.1 Å². The molecule has 0 fully saturated rings. The van der Waals surface area contributed by atoms with Gasteiger partial charge in [-0.15, -0.1) is 11.3 Å². The molecule has 0 spiro atoms. The molecule has 4 nitrogen and oxygen atoms in total. The van der Waals surface area contributed by atoms with Crippen molar-refractivity contribution in [2.45, 2.75) is 26.7 Å². The monoisotopic (exact) mass is 430 g/mol. The fourth-order valence-corrected chi connectivity index (χ4v) is 4.39. The Kier molecular flexibility index (Phi) is 6.33. The third-order valence-corrected chi connectivity index (χ3v) is 6.55. The Bertz CT molecular complexity index is 1180. The van der Waals surface area contributed by atoms with Gasteiger partial charge >= 0.3 is 0 Å². The van der Waals surface area contributed by atoms with Crippen molar-refractivity contribution in [3.8, 4) is 16.3 Å². The van der Waals surface area contributed by atoms with Crippen LogP contribution in [0.25, 0.3) is 20.8 Å². The van der Waals surface area contributed by atoms with Gasteiger partial charge in [0.2, 0.25) is 0 Å². The van der Waals surface area contributed by atoms with Gasteiger partial charge in [-0.1, -0.05) is 32.4 Å². The fourth-order valence-electron chi connectivity index (χ4n) is 3.39. The highest BCUT2D eigenvalue weighted by atomic mass is 32.1. The average molecular weight is 431 g/mol. The van der Waals surface area contributed by atoms with Crippen molar-refractivity contribution >= 4 is 33.1 Å². The van der Waals surface area contributed by atoms with E-state index in [9.17, 15) is 4.79 Å². The minimum Gasteiger partial charge on any atom is -0.497 e. The van der Waals surface area contributed by atoms with Gasteiger partial charge in [0.25, 0.3) is 5.91 Å². The van der Waals surface area contributed by atoms with Crippen molar-refractivity contribution in [2.24, 2.45) is 5.92 Å². The minimum absolute atomic E-state index is 0.102. The molecule has 1 amide bonds. The van der Waals surface area contributed by atoms with Gasteiger partial charge in [0.05, 0.1) is 17.3 Å². The molecule has 0 aliphatic rings. The van der Waals surface area contributed by atoms with Crippen LogP contribution in [0.3, 0.4) is 0 Å². The van der Waals surface area contributed by atoms with Gasteiger partial charge in [-0.2, -0.15) is 0 Å². The topological polar surface area (TPSA) is 51.2 Å². The van der Waals surface area contributed by atoms with Crippen LogP contribution in [0, 0.1) is 5.92 Å². The lowest BCUT2D eigenvalue weighted by Crippen LogP contribution is -2.11. The normalized spacial score (nSPS) is 12.0. The van der Waals surface area contributed by atoms with E-state index in [1.807, 2.05) is 66.7 Å². The molecular formula is C26H26N2O2S. The Morgan fingerprint density at radius 3 is 2.48 bits per heavy atom. The van der Waals surface area contributed by atoms with E-state index in [1.165, 1.54) is 5.56 Å². The highest BCUT2D eigenvalue weighted by Gasteiger charge is 2.10. The third kappa shape index (κ3) is 4.94. The molecule has 158 valence electrons. The molecule has 3 aromatic carbocycles. The summed E-state index contributed by atoms with van der Waals surface area (Å²) in [5.74, 6) is 1.37. The second-order valence-corrected chi connectivity index (χ2v) is 8.83. The van der Waals surface area contributed by atoms with E-state index in [0.717, 1.165) is 45.1 Å². The lowest BCUT2D eigenvalue weighted by molar-refractivity contribution is 0.102. The molecule has 0 saturated carbocycles. The summed E-state index contributed by atoms with van der Waals surface area (Å²) in [7, 11) is 1.66. The maximum absolute atomic E-state index is 12.6. The first kappa shape index (κ1) is 21.1. The number of methoxy groups -OCH3 is 1. The highest BCUT2D eigenvalue weighted by Crippen LogP contribution is 2.32. The van der Waals surface area contributed by atoms with Crippen LogP contribution in [0.2, 0.25) is 0 Å². The second-order valence-electron chi connectivity index (χ2n) is 7.80. The molecule has 1 unspecified atom stereocenters. The average Bonchev–Trinajstić information content (AvgIpc) is 3.23. The van der Waals surface area contributed by atoms with E-state index in [2.05, 4.69) is 19.2 Å². The first-order valence-corrected chi connectivity index (χ1v) is 11.3. The summed E-state index contributed by atoms with van der Waals surface area (Å²) in [4.78, 5) is 17.3. The first-order valence-electron chi connectivity index (χ1n) is 10.5. The summed E-state index contributed by atoms with van der Waals surface area (Å²) < 4.78 is 6.38. The zero-order valence-electron chi connectivity index (χ0n) is 18.0. The largest absolute Gasteiger partial charge is 0.497 e. The maximum Gasteiger partial charge on any atom is 0.255 e. The Morgan fingerprint density at radius 1 is 1.06 bits per heavy atom. The molecule has 1 heterocycles. The predicted molar refractivity (Wildman–Crippen MR) is 129 cm³/mol. The highest BCUT2D eigenvalue weighted by molar-refractivity contribution is 7.21. The van der Waals surface area contributed by atoms with Gasteiger partial charge in [0.1, 0.15) is 10.8 Å². The number of carbonyl (C=O) groups excluding carboxylic acids is 1. The van der Waals surface area contributed by atoms with Crippen LogP contribution in [0.15, 0.2) is 66.7 Å². The van der Waals surface area contributed by atoms with Gasteiger partial charge in [-0.05, 0) is 72.5 Å². The van der Waals surface area contributed by atoms with E-state index in [4.69, 9.17) is 9.72 Å². The number of carbonyl (C=O) groups is 1. The van der Waals surface area contributed by atoms with Crippen molar-refractivity contribution < 1.29 is 9.53 Å². The van der Waals surface area contributed by atoms with Gasteiger partial charge < -0.3 is 10.1 Å². The molecule has 4 rings (SSSR count). The quantitative estimate of drug-likeness (QED) is 0.350. The number of ether oxygens (including phenoxy) is 1. The summed E-state index contributed by atoms with van der Waals surface area (Å²) in [5.41, 5.74) is 4.67. The summed E-state index contributed by atoms with van der Waals surface area (Å²) >= 11 is 1.63. The molecular weight excluding hydrogens is 404 g/mol. The van der Waals surface area contributed by atoms with Crippen LogP contribution in [0.1, 0.15) is 36.2 Å². The van der Waals surface area contributed by atoms with Crippen molar-refractivity contribution in [1.29, 1.82) is 0 Å². The molecule has 0 bridgehead atoms. The van der Waals surface area contributed by atoms with Crippen molar-refractivity contribution in [3.63, 3.8) is 0 Å². The van der Waals surface area contributed by atoms with Crippen LogP contribution in [-0.2, 0) is 6.42 Å². The number of amides is 1. The fraction of sp³-hybridized carbons (Fsp3) is 0.231. The number of fused-ring (bicyclic) bond motifs is 1. The predicted octanol–water partition coefficient (Wildman–Crippen LogP) is 6.81. The summed E-state index contributed by atoms with van der Waals surface area (Å²) in [6.45, 7) is 4.45. The van der Waals surface area contributed by atoms with Crippen LogP contribution in [0.5, 0.6) is 5.75 Å². The Morgan fingerprint density at radius 2 is 1.81 bits per heavy atom. The molecule has 0 saturated heterocycles. The van der Waals surface area contributed by atoms with E-state index < -0.39 is 0 Å². The van der Waals surface area contributed by atoms with E-state index in [0.29, 0.717) is 11.5 Å². The summed E-state index contributed by atoms with van der Waals surface area (Å²) in [6, 6.07) is 21.6. The zero-order chi connectivity index (χ0) is 21.8. The molecule has 1 aromatic heterocycles. The minimum atomic E-state index is -0.102. The SMILES string of the molecule is CCC(C)Cc1ccc(C(=O)Nc2ccc(-c3nc4ccc(OC)cc4s3)cc2)cc1. The van der Waals surface area contributed by atoms with Crippen molar-refractivity contribution in [2.75, 3.05) is 12.4 Å². The number of rotatable bonds is 7. The molecule has 31 heavy (non-hydrogen) atoms. The van der Waals surface area contributed by atoms with Crippen LogP contribution in [-0.4, -0.2) is 18.0 Å². The molecule has 4 aromatic rings. The Hall–Kier alpha value is -3.18. The third-order valence-electron chi connectivity index (χ3n) is 5.48. The number of hydrogen-bond donors (Lipinski definition) is 1. The molecule has 0 radical (unpaired) electrons. The van der Waals surface area contributed by atoms with Crippen molar-refractivity contribution in [3.05, 3.63) is 77.9 Å². The maximum atomic E-state index is 12.6. The number of thiazole rings is 1. The summed E-state index contributed by atoms with van der Waals surface area (Å²) in [5, 5.41) is 3.92. The first-order chi connectivity index (χ1) is 15.1. The molecule has 0 aliphatic heterocycles. The van der Waals surface area contributed by atoms with Gasteiger partial charge in [-0.3, -0.25) is 4.79 Å². The number of benzene rings is 3. The van der Waals surface area contributed by atoms with Gasteiger partial charge in [-0.25, -0.2) is 4.98 Å². The lowest BCUT2D eigenvalue weighted by atomic mass is 9.98. The van der Waals surface area contributed by atoms with Crippen LogP contribution >= 0.6 is 11.3 Å². The molecule has 1 N–H and O–H groups in total. The van der Waals surface area contributed by atoms with Crippen LogP contribution in [0.4, 0.5) is 5.69 Å². The van der Waals surface area contributed by atoms with E-state index in [1.54, 1.807) is 18.4 Å². The second kappa shape index (κ2) is 9.31. The Balaban J connectivity index is 1.44.